The normalized spacial score (nSPS) is 19.5. The van der Waals surface area contributed by atoms with Crippen LogP contribution in [0.3, 0.4) is 0 Å². The number of ether oxygens (including phenoxy) is 1. The van der Waals surface area contributed by atoms with E-state index in [0.29, 0.717) is 16.3 Å². The van der Waals surface area contributed by atoms with Crippen LogP contribution in [0.1, 0.15) is 24.0 Å². The molecule has 0 aliphatic carbocycles. The van der Waals surface area contributed by atoms with Crippen molar-refractivity contribution < 1.29 is 9.53 Å². The lowest BCUT2D eigenvalue weighted by atomic mass is 9.76. The highest BCUT2D eigenvalue weighted by molar-refractivity contribution is 7.80. The van der Waals surface area contributed by atoms with E-state index in [2.05, 4.69) is 11.4 Å². The fourth-order valence-electron chi connectivity index (χ4n) is 3.16. The zero-order chi connectivity index (χ0) is 18.5. The van der Waals surface area contributed by atoms with E-state index in [1.165, 1.54) is 0 Å². The highest BCUT2D eigenvalue weighted by atomic mass is 32.1. The number of nitriles is 1. The zero-order valence-electron chi connectivity index (χ0n) is 14.3. The number of benzene rings is 2. The van der Waals surface area contributed by atoms with E-state index in [4.69, 9.17) is 17.0 Å². The van der Waals surface area contributed by atoms with Gasteiger partial charge in [0.25, 0.3) is 0 Å². The van der Waals surface area contributed by atoms with E-state index in [1.54, 1.807) is 6.92 Å². The molecular weight excluding hydrogens is 344 g/mol. The zero-order valence-corrected chi connectivity index (χ0v) is 15.1. The van der Waals surface area contributed by atoms with Crippen molar-refractivity contribution in [3.63, 3.8) is 0 Å². The third-order valence-electron chi connectivity index (χ3n) is 4.30. The topological polar surface area (TPSA) is 62.1 Å². The smallest absolute Gasteiger partial charge is 0.336 e. The van der Waals surface area contributed by atoms with Crippen molar-refractivity contribution in [2.24, 2.45) is 5.92 Å². The summed E-state index contributed by atoms with van der Waals surface area (Å²) in [5.41, 5.74) is 2.73. The van der Waals surface area contributed by atoms with Crippen LogP contribution in [0, 0.1) is 17.2 Å². The van der Waals surface area contributed by atoms with E-state index in [9.17, 15) is 10.1 Å². The third kappa shape index (κ3) is 3.37. The first-order valence-electron chi connectivity index (χ1n) is 8.39. The molecule has 4 nitrogen and oxygen atoms in total. The van der Waals surface area contributed by atoms with E-state index in [1.807, 2.05) is 60.7 Å². The monoisotopic (exact) mass is 362 g/mol. The molecular formula is C21H18N2O2S. The van der Waals surface area contributed by atoms with Gasteiger partial charge in [0.15, 0.2) is 0 Å². The van der Waals surface area contributed by atoms with Crippen LogP contribution >= 0.6 is 12.2 Å². The second-order valence-corrected chi connectivity index (χ2v) is 6.30. The van der Waals surface area contributed by atoms with Crippen LogP contribution in [0.25, 0.3) is 5.70 Å². The molecule has 0 radical (unpaired) electrons. The van der Waals surface area contributed by atoms with Gasteiger partial charge >= 0.3 is 5.97 Å². The molecule has 0 spiro atoms. The van der Waals surface area contributed by atoms with Crippen molar-refractivity contribution >= 4 is 28.9 Å². The van der Waals surface area contributed by atoms with Crippen molar-refractivity contribution in [1.29, 1.82) is 5.26 Å². The molecule has 0 saturated carbocycles. The number of carbonyl (C=O) groups excluding carboxylic acids is 1. The summed E-state index contributed by atoms with van der Waals surface area (Å²) >= 11 is 5.46. The first kappa shape index (κ1) is 17.8. The van der Waals surface area contributed by atoms with Crippen LogP contribution in [0.4, 0.5) is 0 Å². The van der Waals surface area contributed by atoms with E-state index < -0.39 is 17.8 Å². The van der Waals surface area contributed by atoms with Gasteiger partial charge in [-0.25, -0.2) is 4.79 Å². The average molecular weight is 362 g/mol. The Hall–Kier alpha value is -2.97. The van der Waals surface area contributed by atoms with Gasteiger partial charge < -0.3 is 10.1 Å². The molecule has 1 aliphatic rings. The van der Waals surface area contributed by atoms with Crippen LogP contribution in [0.5, 0.6) is 0 Å². The Morgan fingerprint density at radius 1 is 1.15 bits per heavy atom. The van der Waals surface area contributed by atoms with Gasteiger partial charge in [-0.1, -0.05) is 72.9 Å². The molecule has 1 heterocycles. The largest absolute Gasteiger partial charge is 0.463 e. The van der Waals surface area contributed by atoms with Crippen molar-refractivity contribution in [2.75, 3.05) is 6.61 Å². The van der Waals surface area contributed by atoms with Gasteiger partial charge in [-0.3, -0.25) is 0 Å². The van der Waals surface area contributed by atoms with Crippen LogP contribution in [0.15, 0.2) is 66.2 Å². The van der Waals surface area contributed by atoms with Gasteiger partial charge in [0, 0.05) is 5.92 Å². The lowest BCUT2D eigenvalue weighted by Gasteiger charge is -2.33. The van der Waals surface area contributed by atoms with E-state index in [-0.39, 0.29) is 6.61 Å². The van der Waals surface area contributed by atoms with Gasteiger partial charge in [-0.15, -0.1) is 0 Å². The fraction of sp³-hybridized carbons (Fsp3) is 0.190. The van der Waals surface area contributed by atoms with E-state index >= 15 is 0 Å². The van der Waals surface area contributed by atoms with Gasteiger partial charge in [-0.2, -0.15) is 5.26 Å². The standard InChI is InChI=1S/C21H18N2O2S/c1-2-25-21(24)18-17(14-9-5-3-6-10-14)16(13-22)20(26)23-19(18)15-11-7-4-8-12-15/h3-12,16-17H,2H2,1H3,(H,23,26). The first-order chi connectivity index (χ1) is 12.7. The van der Waals surface area contributed by atoms with Crippen LogP contribution in [-0.4, -0.2) is 17.6 Å². The Morgan fingerprint density at radius 2 is 1.77 bits per heavy atom. The minimum absolute atomic E-state index is 0.258. The van der Waals surface area contributed by atoms with Crippen LogP contribution in [-0.2, 0) is 9.53 Å². The summed E-state index contributed by atoms with van der Waals surface area (Å²) in [6.45, 7) is 2.02. The van der Waals surface area contributed by atoms with Crippen molar-refractivity contribution in [2.45, 2.75) is 12.8 Å². The molecule has 2 aromatic carbocycles. The number of thiocarbonyl (C=S) groups is 1. The second kappa shape index (κ2) is 7.94. The van der Waals surface area contributed by atoms with Crippen LogP contribution < -0.4 is 5.32 Å². The summed E-state index contributed by atoms with van der Waals surface area (Å²) in [7, 11) is 0. The number of hydrogen-bond acceptors (Lipinski definition) is 4. The summed E-state index contributed by atoms with van der Waals surface area (Å²) in [6.07, 6.45) is 0. The van der Waals surface area contributed by atoms with Crippen molar-refractivity contribution in [1.82, 2.24) is 5.32 Å². The Morgan fingerprint density at radius 3 is 2.35 bits per heavy atom. The maximum absolute atomic E-state index is 12.9. The molecule has 0 saturated heterocycles. The molecule has 2 aromatic rings. The number of hydrogen-bond donors (Lipinski definition) is 1. The molecule has 1 aliphatic heterocycles. The summed E-state index contributed by atoms with van der Waals surface area (Å²) in [6, 6.07) is 21.2. The number of esters is 1. The third-order valence-corrected chi connectivity index (χ3v) is 4.66. The Kier molecular flexibility index (Phi) is 5.45. The van der Waals surface area contributed by atoms with Crippen molar-refractivity contribution in [3.05, 3.63) is 77.4 Å². The molecule has 2 atom stereocenters. The van der Waals surface area contributed by atoms with Gasteiger partial charge in [-0.05, 0) is 18.1 Å². The molecule has 26 heavy (non-hydrogen) atoms. The molecule has 0 amide bonds. The average Bonchev–Trinajstić information content (AvgIpc) is 2.68. The van der Waals surface area contributed by atoms with Gasteiger partial charge in [0.2, 0.25) is 0 Å². The molecule has 0 bridgehead atoms. The number of nitrogens with zero attached hydrogens (tertiary/aromatic N) is 1. The quantitative estimate of drug-likeness (QED) is 0.662. The summed E-state index contributed by atoms with van der Waals surface area (Å²) in [5.74, 6) is -1.56. The maximum Gasteiger partial charge on any atom is 0.336 e. The summed E-state index contributed by atoms with van der Waals surface area (Å²) in [5, 5.41) is 12.8. The Balaban J connectivity index is 2.26. The van der Waals surface area contributed by atoms with Crippen molar-refractivity contribution in [3.8, 4) is 6.07 Å². The highest BCUT2D eigenvalue weighted by Gasteiger charge is 2.40. The molecule has 1 N–H and O–H groups in total. The highest BCUT2D eigenvalue weighted by Crippen LogP contribution is 2.40. The lowest BCUT2D eigenvalue weighted by Crippen LogP contribution is -2.40. The molecule has 130 valence electrons. The minimum Gasteiger partial charge on any atom is -0.463 e. The first-order valence-corrected chi connectivity index (χ1v) is 8.80. The van der Waals surface area contributed by atoms with Crippen LogP contribution in [0.2, 0.25) is 0 Å². The second-order valence-electron chi connectivity index (χ2n) is 5.86. The predicted octanol–water partition coefficient (Wildman–Crippen LogP) is 3.81. The molecule has 0 aromatic heterocycles. The molecule has 5 heteroatoms. The number of rotatable bonds is 4. The Labute approximate surface area is 158 Å². The fourth-order valence-corrected chi connectivity index (χ4v) is 3.46. The van der Waals surface area contributed by atoms with E-state index in [0.717, 1.165) is 11.1 Å². The molecule has 3 rings (SSSR count). The number of nitrogens with one attached hydrogen (secondary N) is 1. The summed E-state index contributed by atoms with van der Waals surface area (Å²) in [4.78, 5) is 13.3. The minimum atomic E-state index is -0.640. The summed E-state index contributed by atoms with van der Waals surface area (Å²) < 4.78 is 5.32. The molecule has 0 fully saturated rings. The predicted molar refractivity (Wildman–Crippen MR) is 104 cm³/mol. The van der Waals surface area contributed by atoms with Gasteiger partial charge in [0.1, 0.15) is 5.92 Å². The lowest BCUT2D eigenvalue weighted by molar-refractivity contribution is -0.138. The van der Waals surface area contributed by atoms with Gasteiger partial charge in [0.05, 0.1) is 28.9 Å². The molecule has 2 unspecified atom stereocenters. The SMILES string of the molecule is CCOC(=O)C1=C(c2ccccc2)NC(=S)C(C#N)C1c1ccccc1. The Bertz CT molecular complexity index is 885. The maximum atomic E-state index is 12.9. The number of carbonyl (C=O) groups is 1.